The molecule has 0 heterocycles. The van der Waals surface area contributed by atoms with Gasteiger partial charge in [-0.2, -0.15) is 0 Å². The lowest BCUT2D eigenvalue weighted by Crippen LogP contribution is -2.16. The topological polar surface area (TPSA) is 32.3 Å². The van der Waals surface area contributed by atoms with E-state index in [1.807, 2.05) is 25.1 Å². The molecule has 0 bridgehead atoms. The van der Waals surface area contributed by atoms with Crippen LogP contribution in [0.1, 0.15) is 17.2 Å². The molecule has 0 spiro atoms. The van der Waals surface area contributed by atoms with E-state index in [1.165, 1.54) is 12.1 Å². The van der Waals surface area contributed by atoms with Crippen molar-refractivity contribution in [3.63, 3.8) is 0 Å². The van der Waals surface area contributed by atoms with E-state index < -0.39 is 6.04 Å². The van der Waals surface area contributed by atoms with Gasteiger partial charge in [-0.25, -0.2) is 4.39 Å². The Hall–Kier alpha value is -1.58. The molecule has 2 aromatic rings. The second-order valence-electron chi connectivity index (χ2n) is 4.36. The van der Waals surface area contributed by atoms with Gasteiger partial charge in [0.2, 0.25) is 0 Å². The zero-order valence-electron chi connectivity index (χ0n) is 10.5. The number of para-hydroxylation sites is 1. The van der Waals surface area contributed by atoms with E-state index in [2.05, 4.69) is 5.32 Å². The van der Waals surface area contributed by atoms with Crippen molar-refractivity contribution in [2.75, 3.05) is 11.9 Å². The summed E-state index contributed by atoms with van der Waals surface area (Å²) in [5, 5.41) is 13.2. The van der Waals surface area contributed by atoms with Crippen LogP contribution in [0, 0.1) is 12.7 Å². The Balaban J connectivity index is 2.30. The second-order valence-corrected chi connectivity index (χ2v) is 4.77. The van der Waals surface area contributed by atoms with Crippen LogP contribution in [0.5, 0.6) is 0 Å². The van der Waals surface area contributed by atoms with E-state index in [9.17, 15) is 9.50 Å². The average molecular weight is 280 g/mol. The standard InChI is InChI=1S/C15H15ClFNO/c1-10-6-7-11(17)8-12(10)15(9-19)18-14-5-3-2-4-13(14)16/h2-8,15,18-19H,9H2,1H3. The van der Waals surface area contributed by atoms with Gasteiger partial charge in [-0.1, -0.05) is 29.8 Å². The van der Waals surface area contributed by atoms with Gasteiger partial charge in [0.25, 0.3) is 0 Å². The van der Waals surface area contributed by atoms with Crippen LogP contribution in [0.4, 0.5) is 10.1 Å². The number of benzene rings is 2. The molecule has 1 unspecified atom stereocenters. The minimum absolute atomic E-state index is 0.143. The maximum atomic E-state index is 13.3. The quantitative estimate of drug-likeness (QED) is 0.889. The molecule has 0 aliphatic heterocycles. The van der Waals surface area contributed by atoms with Crippen LogP contribution in [-0.2, 0) is 0 Å². The highest BCUT2D eigenvalue weighted by atomic mass is 35.5. The molecule has 0 fully saturated rings. The van der Waals surface area contributed by atoms with Crippen molar-refractivity contribution in [2.45, 2.75) is 13.0 Å². The van der Waals surface area contributed by atoms with E-state index in [4.69, 9.17) is 11.6 Å². The summed E-state index contributed by atoms with van der Waals surface area (Å²) in [6, 6.07) is 11.4. The zero-order chi connectivity index (χ0) is 13.8. The van der Waals surface area contributed by atoms with Crippen molar-refractivity contribution in [1.29, 1.82) is 0 Å². The zero-order valence-corrected chi connectivity index (χ0v) is 11.3. The molecule has 0 aromatic heterocycles. The first kappa shape index (κ1) is 13.8. The maximum Gasteiger partial charge on any atom is 0.123 e. The summed E-state index contributed by atoms with van der Waals surface area (Å²) < 4.78 is 13.3. The summed E-state index contributed by atoms with van der Waals surface area (Å²) in [7, 11) is 0. The lowest BCUT2D eigenvalue weighted by molar-refractivity contribution is 0.276. The molecule has 19 heavy (non-hydrogen) atoms. The molecule has 4 heteroatoms. The number of hydrogen-bond donors (Lipinski definition) is 2. The smallest absolute Gasteiger partial charge is 0.123 e. The van der Waals surface area contributed by atoms with Gasteiger partial charge in [-0.3, -0.25) is 0 Å². The molecule has 2 aromatic carbocycles. The molecular formula is C15H15ClFNO. The molecule has 0 radical (unpaired) electrons. The Kier molecular flexibility index (Phi) is 4.40. The van der Waals surface area contributed by atoms with Crippen LogP contribution in [0.2, 0.25) is 5.02 Å². The summed E-state index contributed by atoms with van der Waals surface area (Å²) in [5.74, 6) is -0.319. The summed E-state index contributed by atoms with van der Waals surface area (Å²) in [5.41, 5.74) is 2.36. The number of aryl methyl sites for hydroxylation is 1. The fraction of sp³-hybridized carbons (Fsp3) is 0.200. The molecule has 0 aliphatic rings. The third-order valence-electron chi connectivity index (χ3n) is 3.00. The first-order valence-electron chi connectivity index (χ1n) is 6.00. The van der Waals surface area contributed by atoms with E-state index in [-0.39, 0.29) is 12.4 Å². The predicted octanol–water partition coefficient (Wildman–Crippen LogP) is 3.93. The van der Waals surface area contributed by atoms with Crippen LogP contribution >= 0.6 is 11.6 Å². The van der Waals surface area contributed by atoms with Crippen molar-refractivity contribution in [3.05, 3.63) is 64.4 Å². The lowest BCUT2D eigenvalue weighted by Gasteiger charge is -2.20. The van der Waals surface area contributed by atoms with Crippen molar-refractivity contribution < 1.29 is 9.50 Å². The number of hydrogen-bond acceptors (Lipinski definition) is 2. The van der Waals surface area contributed by atoms with Gasteiger partial charge in [-0.15, -0.1) is 0 Å². The molecule has 0 aliphatic carbocycles. The van der Waals surface area contributed by atoms with Crippen molar-refractivity contribution >= 4 is 17.3 Å². The lowest BCUT2D eigenvalue weighted by atomic mass is 10.0. The third-order valence-corrected chi connectivity index (χ3v) is 3.33. The van der Waals surface area contributed by atoms with Crippen molar-refractivity contribution in [2.24, 2.45) is 0 Å². The van der Waals surface area contributed by atoms with E-state index >= 15 is 0 Å². The van der Waals surface area contributed by atoms with Gasteiger partial charge in [0.05, 0.1) is 23.4 Å². The van der Waals surface area contributed by atoms with Crippen LogP contribution in [0.15, 0.2) is 42.5 Å². The number of rotatable bonds is 4. The minimum Gasteiger partial charge on any atom is -0.394 e. The van der Waals surface area contributed by atoms with Gasteiger partial charge in [-0.05, 0) is 42.3 Å². The number of nitrogens with one attached hydrogen (secondary N) is 1. The normalized spacial score (nSPS) is 12.2. The van der Waals surface area contributed by atoms with Crippen molar-refractivity contribution in [3.8, 4) is 0 Å². The summed E-state index contributed by atoms with van der Waals surface area (Å²) in [6.07, 6.45) is 0. The molecule has 2 rings (SSSR count). The Morgan fingerprint density at radius 1 is 1.26 bits per heavy atom. The molecule has 1 atom stereocenters. The highest BCUT2D eigenvalue weighted by Crippen LogP contribution is 2.27. The van der Waals surface area contributed by atoms with Crippen molar-refractivity contribution in [1.82, 2.24) is 0 Å². The predicted molar refractivity (Wildman–Crippen MR) is 76.0 cm³/mol. The monoisotopic (exact) mass is 279 g/mol. The van der Waals surface area contributed by atoms with Crippen LogP contribution in [-0.4, -0.2) is 11.7 Å². The van der Waals surface area contributed by atoms with E-state index in [0.717, 1.165) is 11.1 Å². The van der Waals surface area contributed by atoms with Crippen LogP contribution < -0.4 is 5.32 Å². The molecule has 0 amide bonds. The molecule has 0 saturated carbocycles. The summed E-state index contributed by atoms with van der Waals surface area (Å²) in [4.78, 5) is 0. The number of aliphatic hydroxyl groups is 1. The largest absolute Gasteiger partial charge is 0.394 e. The molecule has 2 nitrogen and oxygen atoms in total. The first-order chi connectivity index (χ1) is 9.11. The number of anilines is 1. The van der Waals surface area contributed by atoms with Gasteiger partial charge in [0.15, 0.2) is 0 Å². The van der Waals surface area contributed by atoms with E-state index in [0.29, 0.717) is 10.7 Å². The Labute approximate surface area is 116 Å². The second kappa shape index (κ2) is 6.04. The number of aliphatic hydroxyl groups excluding tert-OH is 1. The minimum atomic E-state index is -0.393. The number of halogens is 2. The molecule has 100 valence electrons. The summed E-state index contributed by atoms with van der Waals surface area (Å²) in [6.45, 7) is 1.74. The fourth-order valence-electron chi connectivity index (χ4n) is 1.97. The van der Waals surface area contributed by atoms with Crippen LogP contribution in [0.25, 0.3) is 0 Å². The van der Waals surface area contributed by atoms with Gasteiger partial charge in [0.1, 0.15) is 5.82 Å². The molecular weight excluding hydrogens is 265 g/mol. The highest BCUT2D eigenvalue weighted by Gasteiger charge is 2.14. The molecule has 0 saturated heterocycles. The Morgan fingerprint density at radius 2 is 2.00 bits per heavy atom. The first-order valence-corrected chi connectivity index (χ1v) is 6.37. The Bertz CT molecular complexity index is 574. The maximum absolute atomic E-state index is 13.3. The SMILES string of the molecule is Cc1ccc(F)cc1C(CO)Nc1ccccc1Cl. The summed E-state index contributed by atoms with van der Waals surface area (Å²) >= 11 is 6.07. The van der Waals surface area contributed by atoms with Crippen LogP contribution in [0.3, 0.4) is 0 Å². The Morgan fingerprint density at radius 3 is 2.68 bits per heavy atom. The fourth-order valence-corrected chi connectivity index (χ4v) is 2.16. The van der Waals surface area contributed by atoms with Gasteiger partial charge < -0.3 is 10.4 Å². The third kappa shape index (κ3) is 3.25. The average Bonchev–Trinajstić information content (AvgIpc) is 2.41. The highest BCUT2D eigenvalue weighted by molar-refractivity contribution is 6.33. The van der Waals surface area contributed by atoms with E-state index in [1.54, 1.807) is 12.1 Å². The molecule has 2 N–H and O–H groups in total. The van der Waals surface area contributed by atoms with Gasteiger partial charge in [0, 0.05) is 0 Å². The van der Waals surface area contributed by atoms with Gasteiger partial charge >= 0.3 is 0 Å².